The molecule has 0 aliphatic carbocycles. The van der Waals surface area contributed by atoms with Crippen molar-refractivity contribution in [2.24, 2.45) is 7.05 Å². The van der Waals surface area contributed by atoms with Crippen LogP contribution in [0.15, 0.2) is 41.9 Å². The van der Waals surface area contributed by atoms with Crippen molar-refractivity contribution < 1.29 is 4.79 Å². The molecule has 2 heterocycles. The van der Waals surface area contributed by atoms with E-state index in [0.29, 0.717) is 12.4 Å². The molecular weight excluding hydrogens is 322 g/mol. The highest BCUT2D eigenvalue weighted by Gasteiger charge is 2.11. The normalized spacial score (nSPS) is 10.6. The van der Waals surface area contributed by atoms with Crippen molar-refractivity contribution >= 4 is 23.2 Å². The first kappa shape index (κ1) is 16.2. The van der Waals surface area contributed by atoms with E-state index in [4.69, 9.17) is 0 Å². The van der Waals surface area contributed by atoms with Crippen LogP contribution in [-0.4, -0.2) is 27.3 Å². The van der Waals surface area contributed by atoms with Gasteiger partial charge in [-0.05, 0) is 12.5 Å². The number of carbonyl (C=O) groups excluding carboxylic acids is 1. The van der Waals surface area contributed by atoms with Crippen LogP contribution in [0, 0.1) is 6.92 Å². The van der Waals surface area contributed by atoms with Crippen LogP contribution in [0.1, 0.15) is 10.6 Å². The van der Waals surface area contributed by atoms with E-state index in [1.165, 1.54) is 0 Å². The minimum Gasteiger partial charge on any atom is -0.337 e. The van der Waals surface area contributed by atoms with E-state index < -0.39 is 0 Å². The number of aromatic nitrogens is 3. The standard InChI is InChI=1S/C17H19N5OS/c1-12-5-3-4-6-13(12)14-11-15(22(2)21-14)20-17(23)19-8-7-16-18-9-10-24-16/h3-6,9-11H,7-8H2,1-2H3,(H2,19,20,23). The number of hydrogen-bond acceptors (Lipinski definition) is 4. The molecule has 0 radical (unpaired) electrons. The molecule has 7 heteroatoms. The Bertz CT molecular complexity index is 825. The lowest BCUT2D eigenvalue weighted by Crippen LogP contribution is -2.31. The molecule has 0 bridgehead atoms. The number of anilines is 1. The van der Waals surface area contributed by atoms with Crippen molar-refractivity contribution in [3.8, 4) is 11.3 Å². The number of rotatable bonds is 5. The molecule has 0 fully saturated rings. The maximum atomic E-state index is 12.0. The molecule has 0 atom stereocenters. The number of hydrogen-bond donors (Lipinski definition) is 2. The zero-order valence-corrected chi connectivity index (χ0v) is 14.4. The molecule has 124 valence electrons. The predicted octanol–water partition coefficient (Wildman–Crippen LogP) is 3.22. The Balaban J connectivity index is 1.61. The quantitative estimate of drug-likeness (QED) is 0.748. The average molecular weight is 341 g/mol. The zero-order valence-electron chi connectivity index (χ0n) is 13.6. The first-order valence-corrected chi connectivity index (χ1v) is 8.54. The average Bonchev–Trinajstić information content (AvgIpc) is 3.18. The highest BCUT2D eigenvalue weighted by molar-refractivity contribution is 7.09. The Hall–Kier alpha value is -2.67. The number of benzene rings is 1. The SMILES string of the molecule is Cc1ccccc1-c1cc(NC(=O)NCCc2nccs2)n(C)n1. The van der Waals surface area contributed by atoms with Crippen molar-refractivity contribution in [3.05, 3.63) is 52.5 Å². The third-order valence-electron chi connectivity index (χ3n) is 3.65. The molecule has 24 heavy (non-hydrogen) atoms. The number of nitrogens with one attached hydrogen (secondary N) is 2. The smallest absolute Gasteiger partial charge is 0.320 e. The molecule has 0 saturated carbocycles. The van der Waals surface area contributed by atoms with Gasteiger partial charge in [-0.2, -0.15) is 5.10 Å². The third-order valence-corrected chi connectivity index (χ3v) is 4.49. The van der Waals surface area contributed by atoms with Gasteiger partial charge in [-0.3, -0.25) is 10.00 Å². The number of thiazole rings is 1. The molecule has 6 nitrogen and oxygen atoms in total. The van der Waals surface area contributed by atoms with Crippen molar-refractivity contribution in [2.45, 2.75) is 13.3 Å². The summed E-state index contributed by atoms with van der Waals surface area (Å²) in [4.78, 5) is 16.2. The number of amides is 2. The number of urea groups is 1. The summed E-state index contributed by atoms with van der Waals surface area (Å²) >= 11 is 1.59. The summed E-state index contributed by atoms with van der Waals surface area (Å²) in [7, 11) is 1.81. The van der Waals surface area contributed by atoms with Crippen LogP contribution in [0.3, 0.4) is 0 Å². The van der Waals surface area contributed by atoms with Crippen molar-refractivity contribution in [1.82, 2.24) is 20.1 Å². The van der Waals surface area contributed by atoms with Gasteiger partial charge in [0.2, 0.25) is 0 Å². The second kappa shape index (κ2) is 7.27. The second-order valence-corrected chi connectivity index (χ2v) is 6.39. The lowest BCUT2D eigenvalue weighted by atomic mass is 10.1. The Morgan fingerprint density at radius 1 is 1.33 bits per heavy atom. The summed E-state index contributed by atoms with van der Waals surface area (Å²) in [5.74, 6) is 0.653. The third kappa shape index (κ3) is 3.80. The maximum Gasteiger partial charge on any atom is 0.320 e. The van der Waals surface area contributed by atoms with Crippen LogP contribution < -0.4 is 10.6 Å². The van der Waals surface area contributed by atoms with Gasteiger partial charge in [-0.1, -0.05) is 24.3 Å². The fraction of sp³-hybridized carbons (Fsp3) is 0.235. The Kier molecular flexibility index (Phi) is 4.90. The largest absolute Gasteiger partial charge is 0.337 e. The van der Waals surface area contributed by atoms with Crippen molar-refractivity contribution in [1.29, 1.82) is 0 Å². The van der Waals surface area contributed by atoms with E-state index >= 15 is 0 Å². The molecule has 0 unspecified atom stereocenters. The number of aryl methyl sites for hydroxylation is 2. The van der Waals surface area contributed by atoms with Gasteiger partial charge >= 0.3 is 6.03 Å². The first-order chi connectivity index (χ1) is 11.6. The molecule has 3 rings (SSSR count). The van der Waals surface area contributed by atoms with Crippen molar-refractivity contribution in [3.63, 3.8) is 0 Å². The summed E-state index contributed by atoms with van der Waals surface area (Å²) in [5, 5.41) is 13.1. The fourth-order valence-corrected chi connectivity index (χ4v) is 3.02. The predicted molar refractivity (Wildman–Crippen MR) is 96.2 cm³/mol. The molecule has 2 amide bonds. The molecule has 2 aromatic heterocycles. The van der Waals surface area contributed by atoms with Crippen LogP contribution in [0.25, 0.3) is 11.3 Å². The number of carbonyl (C=O) groups is 1. The topological polar surface area (TPSA) is 71.8 Å². The van der Waals surface area contributed by atoms with Crippen LogP contribution in [0.2, 0.25) is 0 Å². The molecule has 1 aromatic carbocycles. The van der Waals surface area contributed by atoms with E-state index in [2.05, 4.69) is 20.7 Å². The lowest BCUT2D eigenvalue weighted by molar-refractivity contribution is 0.252. The van der Waals surface area contributed by atoms with Gasteiger partial charge in [0.1, 0.15) is 5.82 Å². The maximum absolute atomic E-state index is 12.0. The summed E-state index contributed by atoms with van der Waals surface area (Å²) in [6.45, 7) is 2.59. The van der Waals surface area contributed by atoms with Gasteiger partial charge in [0, 0.05) is 43.2 Å². The van der Waals surface area contributed by atoms with Gasteiger partial charge < -0.3 is 5.32 Å². The first-order valence-electron chi connectivity index (χ1n) is 7.67. The molecule has 0 saturated heterocycles. The second-order valence-electron chi connectivity index (χ2n) is 5.41. The van der Waals surface area contributed by atoms with Gasteiger partial charge in [-0.15, -0.1) is 11.3 Å². The molecule has 0 spiro atoms. The summed E-state index contributed by atoms with van der Waals surface area (Å²) < 4.78 is 1.67. The Labute approximate surface area is 144 Å². The number of nitrogens with zero attached hydrogens (tertiary/aromatic N) is 3. The lowest BCUT2D eigenvalue weighted by Gasteiger charge is -2.06. The monoisotopic (exact) mass is 341 g/mol. The van der Waals surface area contributed by atoms with E-state index in [1.807, 2.05) is 49.7 Å². The summed E-state index contributed by atoms with van der Waals surface area (Å²) in [6, 6.07) is 9.68. The fourth-order valence-electron chi connectivity index (χ4n) is 2.40. The zero-order chi connectivity index (χ0) is 16.9. The van der Waals surface area contributed by atoms with Crippen molar-refractivity contribution in [2.75, 3.05) is 11.9 Å². The van der Waals surface area contributed by atoms with E-state index in [1.54, 1.807) is 22.2 Å². The van der Waals surface area contributed by atoms with Crippen LogP contribution >= 0.6 is 11.3 Å². The molecule has 2 N–H and O–H groups in total. The Morgan fingerprint density at radius 3 is 2.92 bits per heavy atom. The van der Waals surface area contributed by atoms with Gasteiger partial charge in [0.15, 0.2) is 0 Å². The molecular formula is C17H19N5OS. The minimum atomic E-state index is -0.245. The van der Waals surface area contributed by atoms with E-state index in [9.17, 15) is 4.79 Å². The molecule has 0 aliphatic heterocycles. The molecule has 3 aromatic rings. The summed E-state index contributed by atoms with van der Waals surface area (Å²) in [6.07, 6.45) is 2.49. The van der Waals surface area contributed by atoms with Gasteiger partial charge in [0.05, 0.1) is 10.7 Å². The summed E-state index contributed by atoms with van der Waals surface area (Å²) in [5.41, 5.74) is 3.05. The Morgan fingerprint density at radius 2 is 2.17 bits per heavy atom. The van der Waals surface area contributed by atoms with Crippen LogP contribution in [0.5, 0.6) is 0 Å². The van der Waals surface area contributed by atoms with Crippen LogP contribution in [0.4, 0.5) is 10.6 Å². The van der Waals surface area contributed by atoms with E-state index in [-0.39, 0.29) is 6.03 Å². The highest BCUT2D eigenvalue weighted by Crippen LogP contribution is 2.24. The van der Waals surface area contributed by atoms with Gasteiger partial charge in [0.25, 0.3) is 0 Å². The van der Waals surface area contributed by atoms with E-state index in [0.717, 1.165) is 28.2 Å². The molecule has 0 aliphatic rings. The highest BCUT2D eigenvalue weighted by atomic mass is 32.1. The van der Waals surface area contributed by atoms with Gasteiger partial charge in [-0.25, -0.2) is 9.78 Å². The van der Waals surface area contributed by atoms with Crippen LogP contribution in [-0.2, 0) is 13.5 Å². The minimum absolute atomic E-state index is 0.245.